The zero-order valence-electron chi connectivity index (χ0n) is 7.28. The highest BCUT2D eigenvalue weighted by Crippen LogP contribution is 2.26. The van der Waals surface area contributed by atoms with Gasteiger partial charge in [-0.1, -0.05) is 12.6 Å². The molecule has 0 saturated carbocycles. The van der Waals surface area contributed by atoms with E-state index in [0.717, 1.165) is 11.6 Å². The van der Waals surface area contributed by atoms with Crippen LogP contribution in [-0.4, -0.2) is 11.1 Å². The topological polar surface area (TPSA) is 46.5 Å². The van der Waals surface area contributed by atoms with Crippen LogP contribution in [0.1, 0.15) is 5.56 Å². The summed E-state index contributed by atoms with van der Waals surface area (Å²) < 4.78 is 4.77. The fourth-order valence-corrected chi connectivity index (χ4v) is 0.853. The van der Waals surface area contributed by atoms with Crippen molar-refractivity contribution >= 4 is 5.97 Å². The van der Waals surface area contributed by atoms with Gasteiger partial charge >= 0.3 is 5.97 Å². The molecule has 0 unspecified atom stereocenters. The second-order valence-corrected chi connectivity index (χ2v) is 2.60. The van der Waals surface area contributed by atoms with Gasteiger partial charge in [0.25, 0.3) is 0 Å². The second-order valence-electron chi connectivity index (χ2n) is 2.60. The summed E-state index contributed by atoms with van der Waals surface area (Å²) in [7, 11) is 0. The lowest BCUT2D eigenvalue weighted by molar-refractivity contribution is -0.129. The number of hydrogen-bond donors (Lipinski definition) is 1. The number of aromatic hydroxyl groups is 1. The molecule has 0 fully saturated rings. The van der Waals surface area contributed by atoms with E-state index in [2.05, 4.69) is 6.58 Å². The molecule has 0 radical (unpaired) electrons. The van der Waals surface area contributed by atoms with E-state index in [-0.39, 0.29) is 11.5 Å². The highest BCUT2D eigenvalue weighted by molar-refractivity contribution is 5.83. The van der Waals surface area contributed by atoms with Crippen molar-refractivity contribution in [1.29, 1.82) is 0 Å². The molecule has 1 N–H and O–H groups in total. The molecular formula is C10H10O3. The van der Waals surface area contributed by atoms with Crippen molar-refractivity contribution in [3.63, 3.8) is 0 Å². The monoisotopic (exact) mass is 178 g/mol. The average molecular weight is 178 g/mol. The molecule has 1 aromatic rings. The number of esters is 1. The van der Waals surface area contributed by atoms with Gasteiger partial charge in [-0.15, -0.1) is 0 Å². The maximum absolute atomic E-state index is 10.8. The van der Waals surface area contributed by atoms with Gasteiger partial charge in [0.2, 0.25) is 0 Å². The SMILES string of the molecule is C=CC(=O)Oc1cc(C)ccc1O. The van der Waals surface area contributed by atoms with Crippen LogP contribution in [0.3, 0.4) is 0 Å². The Morgan fingerprint density at radius 3 is 2.92 bits per heavy atom. The number of phenols is 1. The lowest BCUT2D eigenvalue weighted by Crippen LogP contribution is -2.03. The molecule has 0 amide bonds. The maximum Gasteiger partial charge on any atom is 0.335 e. The lowest BCUT2D eigenvalue weighted by Gasteiger charge is -2.04. The van der Waals surface area contributed by atoms with Crippen LogP contribution in [0.25, 0.3) is 0 Å². The van der Waals surface area contributed by atoms with Gasteiger partial charge in [0, 0.05) is 6.08 Å². The van der Waals surface area contributed by atoms with Crippen LogP contribution in [0.4, 0.5) is 0 Å². The molecule has 0 heterocycles. The zero-order chi connectivity index (χ0) is 9.84. The first-order valence-electron chi connectivity index (χ1n) is 3.77. The first-order valence-corrected chi connectivity index (χ1v) is 3.77. The van der Waals surface area contributed by atoms with E-state index in [4.69, 9.17) is 4.74 Å². The molecule has 1 aromatic carbocycles. The first-order chi connectivity index (χ1) is 6.13. The summed E-state index contributed by atoms with van der Waals surface area (Å²) in [4.78, 5) is 10.8. The van der Waals surface area contributed by atoms with Crippen molar-refractivity contribution in [1.82, 2.24) is 0 Å². The summed E-state index contributed by atoms with van der Waals surface area (Å²) in [6.07, 6.45) is 1.04. The second kappa shape index (κ2) is 3.76. The van der Waals surface area contributed by atoms with E-state index >= 15 is 0 Å². The van der Waals surface area contributed by atoms with Crippen LogP contribution in [0.5, 0.6) is 11.5 Å². The third-order valence-electron chi connectivity index (χ3n) is 1.49. The van der Waals surface area contributed by atoms with E-state index in [1.807, 2.05) is 6.92 Å². The molecule has 1 rings (SSSR count). The van der Waals surface area contributed by atoms with Gasteiger partial charge in [0.05, 0.1) is 0 Å². The molecule has 68 valence electrons. The molecule has 3 heteroatoms. The minimum Gasteiger partial charge on any atom is -0.504 e. The van der Waals surface area contributed by atoms with Crippen molar-refractivity contribution < 1.29 is 14.6 Å². The summed E-state index contributed by atoms with van der Waals surface area (Å²) in [5.74, 6) is -0.480. The number of ether oxygens (including phenoxy) is 1. The summed E-state index contributed by atoms with van der Waals surface area (Å²) in [5.41, 5.74) is 0.907. The third-order valence-corrected chi connectivity index (χ3v) is 1.49. The van der Waals surface area contributed by atoms with Crippen molar-refractivity contribution in [3.05, 3.63) is 36.4 Å². The summed E-state index contributed by atoms with van der Waals surface area (Å²) >= 11 is 0. The van der Waals surface area contributed by atoms with Crippen LogP contribution >= 0.6 is 0 Å². The molecule has 0 aliphatic rings. The minimum absolute atomic E-state index is 0.0548. The molecule has 0 saturated heterocycles. The summed E-state index contributed by atoms with van der Waals surface area (Å²) in [6.45, 7) is 5.09. The number of hydrogen-bond acceptors (Lipinski definition) is 3. The van der Waals surface area contributed by atoms with Gasteiger partial charge < -0.3 is 9.84 Å². The van der Waals surface area contributed by atoms with E-state index < -0.39 is 5.97 Å². The smallest absolute Gasteiger partial charge is 0.335 e. The molecule has 0 aliphatic heterocycles. The van der Waals surface area contributed by atoms with Gasteiger partial charge in [-0.25, -0.2) is 4.79 Å². The van der Waals surface area contributed by atoms with E-state index in [1.165, 1.54) is 6.07 Å². The molecule has 0 aliphatic carbocycles. The Morgan fingerprint density at radius 1 is 1.62 bits per heavy atom. The van der Waals surface area contributed by atoms with Gasteiger partial charge in [0.15, 0.2) is 11.5 Å². The van der Waals surface area contributed by atoms with Crippen molar-refractivity contribution in [2.45, 2.75) is 6.92 Å². The summed E-state index contributed by atoms with van der Waals surface area (Å²) in [5, 5.41) is 9.27. The normalized spacial score (nSPS) is 9.31. The predicted molar refractivity (Wildman–Crippen MR) is 48.7 cm³/mol. The Bertz CT molecular complexity index is 342. The van der Waals surface area contributed by atoms with Gasteiger partial charge in [0.1, 0.15) is 0 Å². The number of carbonyl (C=O) groups is 1. The van der Waals surface area contributed by atoms with Crippen molar-refractivity contribution in [2.75, 3.05) is 0 Å². The Balaban J connectivity index is 2.93. The fourth-order valence-electron chi connectivity index (χ4n) is 0.853. The number of carbonyl (C=O) groups excluding carboxylic acids is 1. The number of phenolic OH excluding ortho intramolecular Hbond substituents is 1. The predicted octanol–water partition coefficient (Wildman–Crippen LogP) is 1.79. The lowest BCUT2D eigenvalue weighted by atomic mass is 10.2. The highest BCUT2D eigenvalue weighted by atomic mass is 16.5. The highest BCUT2D eigenvalue weighted by Gasteiger charge is 2.05. The van der Waals surface area contributed by atoms with Crippen LogP contribution in [-0.2, 0) is 4.79 Å². The Kier molecular flexibility index (Phi) is 2.69. The quantitative estimate of drug-likeness (QED) is 0.426. The zero-order valence-corrected chi connectivity index (χ0v) is 7.28. The van der Waals surface area contributed by atoms with Crippen LogP contribution in [0.15, 0.2) is 30.9 Å². The first kappa shape index (κ1) is 9.32. The fraction of sp³-hybridized carbons (Fsp3) is 0.100. The molecule has 0 spiro atoms. The Labute approximate surface area is 76.3 Å². The van der Waals surface area contributed by atoms with Crippen LogP contribution in [0.2, 0.25) is 0 Å². The third kappa shape index (κ3) is 2.33. The van der Waals surface area contributed by atoms with Gasteiger partial charge in [-0.2, -0.15) is 0 Å². The molecule has 0 atom stereocenters. The van der Waals surface area contributed by atoms with Crippen LogP contribution in [0, 0.1) is 6.92 Å². The Morgan fingerprint density at radius 2 is 2.31 bits per heavy atom. The standard InChI is InChI=1S/C10H10O3/c1-3-10(12)13-9-6-7(2)4-5-8(9)11/h3-6,11H,1H2,2H3. The van der Waals surface area contributed by atoms with Crippen molar-refractivity contribution in [3.8, 4) is 11.5 Å². The maximum atomic E-state index is 10.8. The van der Waals surface area contributed by atoms with Crippen LogP contribution < -0.4 is 4.74 Å². The van der Waals surface area contributed by atoms with Gasteiger partial charge in [-0.05, 0) is 24.6 Å². The van der Waals surface area contributed by atoms with E-state index in [0.29, 0.717) is 0 Å². The molecule has 0 bridgehead atoms. The molecule has 13 heavy (non-hydrogen) atoms. The number of benzene rings is 1. The summed E-state index contributed by atoms with van der Waals surface area (Å²) in [6, 6.07) is 4.78. The molecule has 0 aromatic heterocycles. The Hall–Kier alpha value is -1.77. The van der Waals surface area contributed by atoms with Gasteiger partial charge in [-0.3, -0.25) is 0 Å². The van der Waals surface area contributed by atoms with E-state index in [9.17, 15) is 9.90 Å². The van der Waals surface area contributed by atoms with E-state index in [1.54, 1.807) is 12.1 Å². The number of aryl methyl sites for hydroxylation is 1. The van der Waals surface area contributed by atoms with Crippen molar-refractivity contribution in [2.24, 2.45) is 0 Å². The number of rotatable bonds is 2. The minimum atomic E-state index is -0.582. The average Bonchev–Trinajstić information content (AvgIpc) is 2.11. The molecular weight excluding hydrogens is 168 g/mol. The molecule has 3 nitrogen and oxygen atoms in total. The largest absolute Gasteiger partial charge is 0.504 e.